The van der Waals surface area contributed by atoms with Gasteiger partial charge < -0.3 is 4.90 Å². The van der Waals surface area contributed by atoms with Crippen LogP contribution in [0, 0.1) is 10.1 Å². The van der Waals surface area contributed by atoms with Crippen molar-refractivity contribution in [1.29, 1.82) is 0 Å². The van der Waals surface area contributed by atoms with Crippen molar-refractivity contribution in [3.05, 3.63) is 53.2 Å². The number of nitrogens with zero attached hydrogens (tertiary/aromatic N) is 6. The molecule has 3 aromatic rings. The maximum absolute atomic E-state index is 11.2. The Hall–Kier alpha value is -3.03. The number of nitro benzene ring substituents is 1. The maximum atomic E-state index is 11.2. The molecule has 3 heterocycles. The second kappa shape index (κ2) is 5.88. The van der Waals surface area contributed by atoms with E-state index >= 15 is 0 Å². The molecule has 1 fully saturated rings. The highest BCUT2D eigenvalue weighted by Crippen LogP contribution is 2.34. The third kappa shape index (κ3) is 2.45. The minimum Gasteiger partial charge on any atom is -0.370 e. The first-order chi connectivity index (χ1) is 11.7. The molecule has 1 aliphatic rings. The summed E-state index contributed by atoms with van der Waals surface area (Å²) in [5.41, 5.74) is 1.73. The lowest BCUT2D eigenvalue weighted by atomic mass is 10.0. The zero-order valence-electron chi connectivity index (χ0n) is 12.9. The lowest BCUT2D eigenvalue weighted by Crippen LogP contribution is -2.35. The van der Waals surface area contributed by atoms with E-state index in [2.05, 4.69) is 20.0 Å². The number of non-ortho nitro benzene ring substituents is 1. The molecule has 0 atom stereocenters. The summed E-state index contributed by atoms with van der Waals surface area (Å²) in [6.07, 6.45) is 6.89. The van der Waals surface area contributed by atoms with Crippen LogP contribution in [0.2, 0.25) is 0 Å². The van der Waals surface area contributed by atoms with E-state index in [-0.39, 0.29) is 10.6 Å². The van der Waals surface area contributed by atoms with Crippen molar-refractivity contribution >= 4 is 22.3 Å². The van der Waals surface area contributed by atoms with Crippen LogP contribution in [0.3, 0.4) is 0 Å². The van der Waals surface area contributed by atoms with Gasteiger partial charge in [0.25, 0.3) is 5.69 Å². The Labute approximate surface area is 137 Å². The summed E-state index contributed by atoms with van der Waals surface area (Å²) in [6.45, 7) is 1.71. The fourth-order valence-electron chi connectivity index (χ4n) is 3.33. The molecule has 4 rings (SSSR count). The number of hydrogen-bond donors (Lipinski definition) is 0. The molecule has 0 bridgehead atoms. The zero-order chi connectivity index (χ0) is 16.5. The molecule has 0 spiro atoms. The van der Waals surface area contributed by atoms with Crippen LogP contribution in [0.25, 0.3) is 10.9 Å². The van der Waals surface area contributed by atoms with Crippen molar-refractivity contribution in [2.75, 3.05) is 18.0 Å². The standard InChI is InChI=1S/C16H16N6O2/c23-22(24)14-3-4-15(16-13(14)2-1-7-18-16)20-8-5-12(6-9-20)21-11-17-10-19-21/h1-4,7,10-12H,5-6,8-9H2. The Morgan fingerprint density at radius 3 is 2.75 bits per heavy atom. The van der Waals surface area contributed by atoms with Gasteiger partial charge in [0.1, 0.15) is 18.2 Å². The van der Waals surface area contributed by atoms with E-state index in [1.54, 1.807) is 37.1 Å². The number of rotatable bonds is 3. The van der Waals surface area contributed by atoms with Crippen LogP contribution in [-0.2, 0) is 0 Å². The predicted molar refractivity (Wildman–Crippen MR) is 88.9 cm³/mol. The van der Waals surface area contributed by atoms with Gasteiger partial charge in [0.15, 0.2) is 0 Å². The number of piperidine rings is 1. The van der Waals surface area contributed by atoms with Crippen LogP contribution in [0.1, 0.15) is 18.9 Å². The van der Waals surface area contributed by atoms with Gasteiger partial charge in [-0.15, -0.1) is 0 Å². The molecular weight excluding hydrogens is 308 g/mol. The average molecular weight is 324 g/mol. The van der Waals surface area contributed by atoms with Crippen LogP contribution in [0.15, 0.2) is 43.1 Å². The first-order valence-electron chi connectivity index (χ1n) is 7.85. The summed E-state index contributed by atoms with van der Waals surface area (Å²) in [4.78, 5) is 21.5. The van der Waals surface area contributed by atoms with Crippen molar-refractivity contribution in [2.24, 2.45) is 0 Å². The molecule has 122 valence electrons. The van der Waals surface area contributed by atoms with E-state index in [1.807, 2.05) is 10.7 Å². The van der Waals surface area contributed by atoms with E-state index in [0.717, 1.165) is 31.6 Å². The lowest BCUT2D eigenvalue weighted by Gasteiger charge is -2.33. The van der Waals surface area contributed by atoms with Gasteiger partial charge in [0.2, 0.25) is 0 Å². The summed E-state index contributed by atoms with van der Waals surface area (Å²) < 4.78 is 1.91. The van der Waals surface area contributed by atoms with Gasteiger partial charge in [-0.1, -0.05) is 0 Å². The Bertz CT molecular complexity index is 871. The first kappa shape index (κ1) is 14.6. The van der Waals surface area contributed by atoms with E-state index < -0.39 is 0 Å². The molecule has 1 aliphatic heterocycles. The monoisotopic (exact) mass is 324 g/mol. The molecule has 1 aromatic carbocycles. The second-order valence-corrected chi connectivity index (χ2v) is 5.85. The summed E-state index contributed by atoms with van der Waals surface area (Å²) in [5, 5.41) is 16.0. The molecule has 0 radical (unpaired) electrons. The molecule has 8 nitrogen and oxygen atoms in total. The number of hydrogen-bond acceptors (Lipinski definition) is 6. The van der Waals surface area contributed by atoms with Gasteiger partial charge in [-0.2, -0.15) is 5.10 Å². The van der Waals surface area contributed by atoms with Crippen LogP contribution in [-0.4, -0.2) is 37.8 Å². The number of aromatic nitrogens is 4. The van der Waals surface area contributed by atoms with Gasteiger partial charge in [-0.25, -0.2) is 9.67 Å². The highest BCUT2D eigenvalue weighted by atomic mass is 16.6. The van der Waals surface area contributed by atoms with Crippen molar-refractivity contribution in [1.82, 2.24) is 19.7 Å². The summed E-state index contributed by atoms with van der Waals surface area (Å²) in [5.74, 6) is 0. The predicted octanol–water partition coefficient (Wildman–Crippen LogP) is 2.58. The summed E-state index contributed by atoms with van der Waals surface area (Å²) >= 11 is 0. The zero-order valence-corrected chi connectivity index (χ0v) is 12.9. The normalized spacial score (nSPS) is 15.8. The minimum absolute atomic E-state index is 0.0966. The Kier molecular flexibility index (Phi) is 3.56. The van der Waals surface area contributed by atoms with Crippen LogP contribution < -0.4 is 4.90 Å². The quantitative estimate of drug-likeness (QED) is 0.543. The van der Waals surface area contributed by atoms with E-state index in [0.29, 0.717) is 16.9 Å². The molecule has 0 aliphatic carbocycles. The lowest BCUT2D eigenvalue weighted by molar-refractivity contribution is -0.383. The van der Waals surface area contributed by atoms with Crippen molar-refractivity contribution < 1.29 is 4.92 Å². The fraction of sp³-hybridized carbons (Fsp3) is 0.312. The molecule has 1 saturated heterocycles. The highest BCUT2D eigenvalue weighted by Gasteiger charge is 2.24. The van der Waals surface area contributed by atoms with Gasteiger partial charge in [0.05, 0.1) is 22.0 Å². The van der Waals surface area contributed by atoms with Crippen LogP contribution >= 0.6 is 0 Å². The molecule has 0 N–H and O–H groups in total. The van der Waals surface area contributed by atoms with Gasteiger partial charge >= 0.3 is 0 Å². The van der Waals surface area contributed by atoms with Crippen molar-refractivity contribution in [3.8, 4) is 0 Å². The molecule has 0 amide bonds. The highest BCUT2D eigenvalue weighted by molar-refractivity contribution is 5.97. The van der Waals surface area contributed by atoms with Gasteiger partial charge in [-0.05, 0) is 31.0 Å². The van der Waals surface area contributed by atoms with Gasteiger partial charge in [0, 0.05) is 25.4 Å². The van der Waals surface area contributed by atoms with E-state index in [1.165, 1.54) is 0 Å². The molecule has 0 saturated carbocycles. The SMILES string of the molecule is O=[N+]([O-])c1ccc(N2CCC(n3cncn3)CC2)c2ncccc12. The Morgan fingerprint density at radius 1 is 1.21 bits per heavy atom. The average Bonchev–Trinajstić information content (AvgIpc) is 3.15. The number of benzene rings is 1. The van der Waals surface area contributed by atoms with Crippen LogP contribution in [0.5, 0.6) is 0 Å². The molecule has 24 heavy (non-hydrogen) atoms. The van der Waals surface area contributed by atoms with Gasteiger partial charge in [-0.3, -0.25) is 15.1 Å². The molecule has 8 heteroatoms. The Balaban J connectivity index is 1.64. The number of nitro groups is 1. The van der Waals surface area contributed by atoms with Crippen molar-refractivity contribution in [3.63, 3.8) is 0 Å². The minimum atomic E-state index is -0.356. The Morgan fingerprint density at radius 2 is 2.04 bits per heavy atom. The van der Waals surface area contributed by atoms with Crippen LogP contribution in [0.4, 0.5) is 11.4 Å². The first-order valence-corrected chi connectivity index (χ1v) is 7.85. The number of pyridine rings is 1. The second-order valence-electron chi connectivity index (χ2n) is 5.85. The largest absolute Gasteiger partial charge is 0.370 e. The number of fused-ring (bicyclic) bond motifs is 1. The van der Waals surface area contributed by atoms with E-state index in [4.69, 9.17) is 0 Å². The maximum Gasteiger partial charge on any atom is 0.278 e. The summed E-state index contributed by atoms with van der Waals surface area (Å²) in [7, 11) is 0. The molecule has 0 unspecified atom stereocenters. The molecule has 2 aromatic heterocycles. The third-order valence-electron chi connectivity index (χ3n) is 4.54. The number of anilines is 1. The topological polar surface area (TPSA) is 90.0 Å². The summed E-state index contributed by atoms with van der Waals surface area (Å²) in [6, 6.07) is 7.22. The fourth-order valence-corrected chi connectivity index (χ4v) is 3.33. The van der Waals surface area contributed by atoms with Crippen molar-refractivity contribution in [2.45, 2.75) is 18.9 Å². The third-order valence-corrected chi connectivity index (χ3v) is 4.54. The van der Waals surface area contributed by atoms with E-state index in [9.17, 15) is 10.1 Å². The smallest absolute Gasteiger partial charge is 0.278 e. The molecular formula is C16H16N6O2.